The Balaban J connectivity index is 1.06. The molecule has 0 radical (unpaired) electrons. The van der Waals surface area contributed by atoms with E-state index >= 15 is 0 Å². The molecule has 9 atom stereocenters. The van der Waals surface area contributed by atoms with E-state index in [4.69, 9.17) is 11.6 Å². The molecule has 4 nitrogen and oxygen atoms in total. The largest absolute Gasteiger partial charge is 0.352 e. The number of nitrogens with zero attached hydrogens (tertiary/aromatic N) is 2. The van der Waals surface area contributed by atoms with Crippen LogP contribution in [0.4, 0.5) is 0 Å². The van der Waals surface area contributed by atoms with Gasteiger partial charge in [-0.25, -0.2) is 4.99 Å². The van der Waals surface area contributed by atoms with Gasteiger partial charge in [0.1, 0.15) is 14.8 Å². The van der Waals surface area contributed by atoms with Gasteiger partial charge in [0.2, 0.25) is 0 Å². The average molecular weight is 989 g/mol. The highest BCUT2D eigenvalue weighted by molar-refractivity contribution is 14.1. The van der Waals surface area contributed by atoms with Crippen LogP contribution < -0.4 is 10.6 Å². The van der Waals surface area contributed by atoms with Gasteiger partial charge in [-0.15, -0.1) is 11.8 Å². The molecule has 6 aliphatic carbocycles. The van der Waals surface area contributed by atoms with E-state index in [1.807, 2.05) is 11.8 Å². The van der Waals surface area contributed by atoms with Gasteiger partial charge in [0.15, 0.2) is 0 Å². The zero-order valence-corrected chi connectivity index (χ0v) is 41.3. The molecule has 3 aliphatic heterocycles. The Labute approximate surface area is 406 Å². The van der Waals surface area contributed by atoms with Crippen LogP contribution >= 0.6 is 34.4 Å². The van der Waals surface area contributed by atoms with E-state index in [0.29, 0.717) is 23.7 Å². The summed E-state index contributed by atoms with van der Waals surface area (Å²) in [6.45, 7) is 9.77. The number of nitrogens with one attached hydrogen (secondary N) is 2. The Bertz CT molecular complexity index is 2580. The summed E-state index contributed by atoms with van der Waals surface area (Å²) in [5.41, 5.74) is 13.6. The first-order valence-corrected chi connectivity index (χ1v) is 26.7. The number of hydrogen-bond acceptors (Lipinski definition) is 5. The van der Waals surface area contributed by atoms with Gasteiger partial charge in [-0.3, -0.25) is 5.32 Å². The highest BCUT2D eigenvalue weighted by Gasteiger charge is 2.49. The van der Waals surface area contributed by atoms with Crippen LogP contribution in [0.2, 0.25) is 0 Å². The lowest BCUT2D eigenvalue weighted by molar-refractivity contribution is 0.121. The van der Waals surface area contributed by atoms with Crippen LogP contribution in [0.3, 0.4) is 0 Å². The third-order valence-corrected chi connectivity index (χ3v) is 18.9. The van der Waals surface area contributed by atoms with Crippen molar-refractivity contribution in [2.24, 2.45) is 34.6 Å². The van der Waals surface area contributed by atoms with E-state index in [2.05, 4.69) is 186 Å². The Morgan fingerprint density at radius 3 is 2.55 bits per heavy atom. The number of amidine groups is 1. The van der Waals surface area contributed by atoms with Crippen LogP contribution in [0.5, 0.6) is 0 Å². The summed E-state index contributed by atoms with van der Waals surface area (Å²) in [7, 11) is 0. The Morgan fingerprint density at radius 1 is 0.877 bits per heavy atom. The van der Waals surface area contributed by atoms with Gasteiger partial charge in [0, 0.05) is 58.5 Å². The molecular weight excluding hydrogens is 924 g/mol. The van der Waals surface area contributed by atoms with Gasteiger partial charge in [0.05, 0.1) is 5.66 Å². The van der Waals surface area contributed by atoms with Gasteiger partial charge >= 0.3 is 0 Å². The second-order valence-corrected chi connectivity index (χ2v) is 24.2. The van der Waals surface area contributed by atoms with Crippen LogP contribution in [-0.4, -0.2) is 31.4 Å². The van der Waals surface area contributed by atoms with Gasteiger partial charge in [0.25, 0.3) is 0 Å². The third kappa shape index (κ3) is 8.37. The number of fused-ring (bicyclic) bond motifs is 4. The number of halogens is 1. The van der Waals surface area contributed by atoms with Crippen LogP contribution in [0.25, 0.3) is 11.1 Å². The van der Waals surface area contributed by atoms with Gasteiger partial charge in [-0.1, -0.05) is 163 Å². The van der Waals surface area contributed by atoms with E-state index in [-0.39, 0.29) is 26.5 Å². The summed E-state index contributed by atoms with van der Waals surface area (Å²) < 4.78 is -0.131. The fourth-order valence-electron chi connectivity index (χ4n) is 12.5. The second-order valence-electron chi connectivity index (χ2n) is 20.3. The minimum atomic E-state index is -0.335. The molecule has 0 saturated carbocycles. The Morgan fingerprint density at radius 2 is 1.72 bits per heavy atom. The molecule has 0 aromatic heterocycles. The van der Waals surface area contributed by atoms with E-state index < -0.39 is 0 Å². The van der Waals surface area contributed by atoms with Gasteiger partial charge in [-0.05, 0) is 135 Å². The first kappa shape index (κ1) is 43.5. The van der Waals surface area contributed by atoms with E-state index in [0.717, 1.165) is 63.6 Å². The molecule has 6 heteroatoms. The van der Waals surface area contributed by atoms with Crippen molar-refractivity contribution in [1.29, 1.82) is 0 Å². The number of aliphatic imine (C=N–C) groups is 1. The molecule has 2 aromatic carbocycles. The van der Waals surface area contributed by atoms with Crippen molar-refractivity contribution in [2.75, 3.05) is 0 Å². The normalized spacial score (nSPS) is 35.2. The molecule has 65 heavy (non-hydrogen) atoms. The lowest BCUT2D eigenvalue weighted by atomic mass is 9.70. The molecule has 0 amide bonds. The van der Waals surface area contributed by atoms with Crippen LogP contribution in [0, 0.1) is 29.6 Å². The number of rotatable bonds is 7. The van der Waals surface area contributed by atoms with Crippen molar-refractivity contribution in [1.82, 2.24) is 15.5 Å². The molecule has 0 fully saturated rings. The second kappa shape index (κ2) is 18.2. The molecule has 9 unspecified atom stereocenters. The van der Waals surface area contributed by atoms with Crippen LogP contribution in [-0.2, 0) is 0 Å². The highest BCUT2D eigenvalue weighted by Crippen LogP contribution is 2.61. The maximum atomic E-state index is 5.87. The van der Waals surface area contributed by atoms with Crippen molar-refractivity contribution >= 4 is 51.3 Å². The fourth-order valence-corrected chi connectivity index (χ4v) is 15.4. The Kier molecular flexibility index (Phi) is 12.2. The number of benzene rings is 2. The summed E-state index contributed by atoms with van der Waals surface area (Å²) in [5, 5.41) is 8.42. The molecule has 3 heterocycles. The minimum Gasteiger partial charge on any atom is -0.352 e. The minimum absolute atomic E-state index is 0.0888. The SMILES string of the molecule is C=C1CC2(I)Sc3ccccc3/C2=C/N(C2CC=C(C3C=C(C4C=CCCC4C)C(c4ccccc4)=CC3)CC2C2N=C(C3=CC=CCC3)NC(C)(C3C=CCCC3)N2)C2=CCCC=C12. The molecule has 0 spiro atoms. The summed E-state index contributed by atoms with van der Waals surface area (Å²) in [5.74, 6) is 3.04. The predicted molar refractivity (Wildman–Crippen MR) is 283 cm³/mol. The first-order valence-electron chi connectivity index (χ1n) is 24.8. The van der Waals surface area contributed by atoms with Crippen LogP contribution in [0.1, 0.15) is 108 Å². The lowest BCUT2D eigenvalue weighted by Gasteiger charge is -2.51. The molecule has 2 aromatic rings. The standard InChI is InChI=1S/C59H65IN4S/c1-39-19-13-14-26-46(39)50-35-43(31-33-48(50)41-20-7-4-8-21-41)44-32-34-54(51(36-44)57-61-56(42-22-9-5-10-23-42)62-58(3,63-57)45-24-11-6-12-25-45)64-38-52-49-28-16-18-30-55(49)65-59(52,60)37-40(2)47-27-15-17-29-53(47)64/h4-5,7-9,11,14,16,18,20-22,24,26-30,32-33,35,38-39,43,45-46,51,54,57,63H,2,6,10,12-13,15,17,19,23,25,31,34,36-37H2,1,3H3,(H,61,62)/b52-38-. The fraction of sp³-hybridized carbons (Fsp3) is 0.407. The predicted octanol–water partition coefficient (Wildman–Crippen LogP) is 14.7. The maximum Gasteiger partial charge on any atom is 0.127 e. The molecular formula is C59H65IN4S. The van der Waals surface area contributed by atoms with Crippen molar-refractivity contribution < 1.29 is 0 Å². The molecule has 334 valence electrons. The molecule has 11 rings (SSSR count). The molecule has 0 saturated heterocycles. The smallest absolute Gasteiger partial charge is 0.127 e. The summed E-state index contributed by atoms with van der Waals surface area (Å²) in [6.07, 6.45) is 46.3. The summed E-state index contributed by atoms with van der Waals surface area (Å²) in [6, 6.07) is 20.5. The van der Waals surface area contributed by atoms with Gasteiger partial charge in [-0.2, -0.15) is 0 Å². The van der Waals surface area contributed by atoms with Crippen LogP contribution in [0.15, 0.2) is 184 Å². The first-order chi connectivity index (χ1) is 31.7. The zero-order valence-electron chi connectivity index (χ0n) is 38.3. The molecule has 0 bridgehead atoms. The van der Waals surface area contributed by atoms with E-state index in [1.54, 1.807) is 5.57 Å². The third-order valence-electron chi connectivity index (χ3n) is 16.0. The maximum absolute atomic E-state index is 5.87. The molecule has 9 aliphatic rings. The zero-order chi connectivity index (χ0) is 44.1. The van der Waals surface area contributed by atoms with Crippen molar-refractivity contribution in [3.8, 4) is 0 Å². The number of thioether (sulfide) groups is 1. The molecule has 2 N–H and O–H groups in total. The van der Waals surface area contributed by atoms with Crippen molar-refractivity contribution in [3.05, 3.63) is 185 Å². The van der Waals surface area contributed by atoms with Crippen molar-refractivity contribution in [2.45, 2.75) is 123 Å². The average Bonchev–Trinajstić information content (AvgIpc) is 3.62. The number of allylic oxidation sites excluding steroid dienone is 14. The van der Waals surface area contributed by atoms with E-state index in [1.165, 1.54) is 80.8 Å². The van der Waals surface area contributed by atoms with Gasteiger partial charge < -0.3 is 10.2 Å². The highest BCUT2D eigenvalue weighted by atomic mass is 127. The lowest BCUT2D eigenvalue weighted by Crippen LogP contribution is -2.69. The topological polar surface area (TPSA) is 39.7 Å². The number of alkyl halides is 1. The van der Waals surface area contributed by atoms with E-state index in [9.17, 15) is 0 Å². The Hall–Kier alpha value is -4.11. The van der Waals surface area contributed by atoms with Crippen molar-refractivity contribution in [3.63, 3.8) is 0 Å². The quantitative estimate of drug-likeness (QED) is 0.165. The summed E-state index contributed by atoms with van der Waals surface area (Å²) >= 11 is 4.80. The number of hydrogen-bond donors (Lipinski definition) is 2. The summed E-state index contributed by atoms with van der Waals surface area (Å²) in [4.78, 5) is 10.00. The monoisotopic (exact) mass is 988 g/mol.